The molecule has 6 nitrogen and oxygen atoms in total. The van der Waals surface area contributed by atoms with Crippen molar-refractivity contribution in [3.63, 3.8) is 0 Å². The largest absolute Gasteiger partial charge is 0.466 e. The van der Waals surface area contributed by atoms with Crippen molar-refractivity contribution in [3.8, 4) is 0 Å². The topological polar surface area (TPSA) is 75.7 Å². The van der Waals surface area contributed by atoms with Crippen LogP contribution in [0.4, 0.5) is 11.4 Å². The minimum atomic E-state index is -0.373. The van der Waals surface area contributed by atoms with Crippen LogP contribution in [-0.4, -0.2) is 37.4 Å². The highest BCUT2D eigenvalue weighted by atomic mass is 16.5. The maximum absolute atomic E-state index is 12.0. The number of anilines is 2. The molecule has 1 aromatic rings. The first-order valence-electron chi connectivity index (χ1n) is 6.91. The van der Waals surface area contributed by atoms with E-state index in [0.29, 0.717) is 12.3 Å². The quantitative estimate of drug-likeness (QED) is 0.801. The Labute approximate surface area is 123 Å². The number of carbonyl (C=O) groups excluding carboxylic acids is 3. The fourth-order valence-electron chi connectivity index (χ4n) is 2.21. The predicted octanol–water partition coefficient (Wildman–Crippen LogP) is 1.36. The van der Waals surface area contributed by atoms with E-state index in [2.05, 4.69) is 5.32 Å². The van der Waals surface area contributed by atoms with Crippen LogP contribution in [0.5, 0.6) is 0 Å². The van der Waals surface area contributed by atoms with Gasteiger partial charge in [0.25, 0.3) is 0 Å². The molecule has 1 aliphatic heterocycles. The predicted molar refractivity (Wildman–Crippen MR) is 78.2 cm³/mol. The third-order valence-corrected chi connectivity index (χ3v) is 3.13. The first-order valence-corrected chi connectivity index (χ1v) is 6.91. The second-order valence-electron chi connectivity index (χ2n) is 4.77. The number of amides is 1. The first-order chi connectivity index (χ1) is 10.1. The van der Waals surface area contributed by atoms with E-state index in [9.17, 15) is 14.4 Å². The third-order valence-electron chi connectivity index (χ3n) is 3.13. The van der Waals surface area contributed by atoms with Crippen molar-refractivity contribution < 1.29 is 19.1 Å². The Bertz CT molecular complexity index is 556. The number of benzene rings is 1. The van der Waals surface area contributed by atoms with Crippen molar-refractivity contribution in [1.29, 1.82) is 0 Å². The van der Waals surface area contributed by atoms with E-state index >= 15 is 0 Å². The second-order valence-corrected chi connectivity index (χ2v) is 4.77. The summed E-state index contributed by atoms with van der Waals surface area (Å²) in [7, 11) is 0. The number of ketones is 1. The van der Waals surface area contributed by atoms with E-state index in [4.69, 9.17) is 4.74 Å². The summed E-state index contributed by atoms with van der Waals surface area (Å²) in [6, 6.07) is 7.33. The van der Waals surface area contributed by atoms with Crippen molar-refractivity contribution in [1.82, 2.24) is 0 Å². The number of nitrogens with zero attached hydrogens (tertiary/aromatic N) is 1. The van der Waals surface area contributed by atoms with E-state index in [-0.39, 0.29) is 43.6 Å². The maximum Gasteiger partial charge on any atom is 0.306 e. The molecule has 1 aliphatic rings. The highest BCUT2D eigenvalue weighted by Gasteiger charge is 2.23. The van der Waals surface area contributed by atoms with E-state index in [1.807, 2.05) is 18.2 Å². The van der Waals surface area contributed by atoms with Gasteiger partial charge in [-0.15, -0.1) is 0 Å². The van der Waals surface area contributed by atoms with Gasteiger partial charge in [0.2, 0.25) is 5.91 Å². The molecule has 0 fully saturated rings. The van der Waals surface area contributed by atoms with Crippen molar-refractivity contribution in [2.45, 2.75) is 19.8 Å². The Kier molecular flexibility index (Phi) is 4.92. The minimum absolute atomic E-state index is 0.0777. The van der Waals surface area contributed by atoms with Crippen LogP contribution in [0.3, 0.4) is 0 Å². The summed E-state index contributed by atoms with van der Waals surface area (Å²) >= 11 is 0. The standard InChI is InChI=1S/C15H18N2O4/c1-2-21-15(20)8-7-11(18)9-17-10-14(19)16-12-5-3-4-6-13(12)17/h3-6H,2,7-10H2,1H3,(H,16,19). The van der Waals surface area contributed by atoms with Crippen LogP contribution in [-0.2, 0) is 19.1 Å². The van der Waals surface area contributed by atoms with Crippen LogP contribution >= 0.6 is 0 Å². The number of rotatable bonds is 6. The number of Topliss-reactive ketones (excluding diaryl/α,β-unsaturated/α-hetero) is 1. The van der Waals surface area contributed by atoms with Gasteiger partial charge in [0.1, 0.15) is 0 Å². The zero-order valence-electron chi connectivity index (χ0n) is 11.9. The minimum Gasteiger partial charge on any atom is -0.466 e. The summed E-state index contributed by atoms with van der Waals surface area (Å²) < 4.78 is 4.79. The SMILES string of the molecule is CCOC(=O)CCC(=O)CN1CC(=O)Nc2ccccc21. The molecule has 0 bridgehead atoms. The molecule has 2 rings (SSSR count). The molecule has 1 heterocycles. The molecule has 21 heavy (non-hydrogen) atoms. The molecule has 1 amide bonds. The lowest BCUT2D eigenvalue weighted by atomic mass is 10.1. The third kappa shape index (κ3) is 4.05. The number of hydrogen-bond acceptors (Lipinski definition) is 5. The van der Waals surface area contributed by atoms with E-state index in [0.717, 1.165) is 5.69 Å². The monoisotopic (exact) mass is 290 g/mol. The number of nitrogens with one attached hydrogen (secondary N) is 1. The number of carbonyl (C=O) groups is 3. The number of ether oxygens (including phenoxy) is 1. The molecule has 1 aromatic carbocycles. The summed E-state index contributed by atoms with van der Waals surface area (Å²) in [5.74, 6) is -0.609. The molecule has 0 radical (unpaired) electrons. The molecule has 0 unspecified atom stereocenters. The number of fused-ring (bicyclic) bond motifs is 1. The normalized spacial score (nSPS) is 13.4. The van der Waals surface area contributed by atoms with Crippen LogP contribution in [0.15, 0.2) is 24.3 Å². The summed E-state index contributed by atoms with van der Waals surface area (Å²) in [6.07, 6.45) is 0.202. The molecule has 0 aromatic heterocycles. The average Bonchev–Trinajstić information content (AvgIpc) is 2.45. The Morgan fingerprint density at radius 3 is 2.81 bits per heavy atom. The molecule has 0 atom stereocenters. The number of para-hydroxylation sites is 2. The lowest BCUT2D eigenvalue weighted by Gasteiger charge is -2.30. The van der Waals surface area contributed by atoms with Gasteiger partial charge in [-0.25, -0.2) is 0 Å². The van der Waals surface area contributed by atoms with Crippen LogP contribution < -0.4 is 10.2 Å². The fraction of sp³-hybridized carbons (Fsp3) is 0.400. The summed E-state index contributed by atoms with van der Waals surface area (Å²) in [5, 5.41) is 2.76. The van der Waals surface area contributed by atoms with Crippen LogP contribution in [0.25, 0.3) is 0 Å². The molecule has 0 aliphatic carbocycles. The van der Waals surface area contributed by atoms with Gasteiger partial charge < -0.3 is 15.0 Å². The van der Waals surface area contributed by atoms with Gasteiger partial charge >= 0.3 is 5.97 Å². The molecule has 0 saturated carbocycles. The smallest absolute Gasteiger partial charge is 0.306 e. The molecule has 0 spiro atoms. The molecular formula is C15H18N2O4. The molecule has 1 N–H and O–H groups in total. The van der Waals surface area contributed by atoms with Gasteiger partial charge in [-0.1, -0.05) is 12.1 Å². The summed E-state index contributed by atoms with van der Waals surface area (Å²) in [5.41, 5.74) is 1.52. The number of hydrogen-bond donors (Lipinski definition) is 1. The summed E-state index contributed by atoms with van der Waals surface area (Å²) in [6.45, 7) is 2.29. The van der Waals surface area contributed by atoms with Crippen LogP contribution in [0, 0.1) is 0 Å². The zero-order chi connectivity index (χ0) is 15.2. The molecule has 0 saturated heterocycles. The van der Waals surface area contributed by atoms with Gasteiger partial charge in [0.15, 0.2) is 5.78 Å². The fourth-order valence-corrected chi connectivity index (χ4v) is 2.21. The van der Waals surface area contributed by atoms with Crippen LogP contribution in [0.1, 0.15) is 19.8 Å². The van der Waals surface area contributed by atoms with Crippen molar-refractivity contribution in [3.05, 3.63) is 24.3 Å². The second kappa shape index (κ2) is 6.88. The summed E-state index contributed by atoms with van der Waals surface area (Å²) in [4.78, 5) is 36.5. The van der Waals surface area contributed by atoms with E-state index < -0.39 is 0 Å². The lowest BCUT2D eigenvalue weighted by Crippen LogP contribution is -2.41. The highest BCUT2D eigenvalue weighted by Crippen LogP contribution is 2.28. The zero-order valence-corrected chi connectivity index (χ0v) is 11.9. The Balaban J connectivity index is 1.95. The van der Waals surface area contributed by atoms with Crippen molar-refractivity contribution in [2.75, 3.05) is 29.9 Å². The van der Waals surface area contributed by atoms with E-state index in [1.54, 1.807) is 17.9 Å². The lowest BCUT2D eigenvalue weighted by molar-refractivity contribution is -0.144. The Hall–Kier alpha value is -2.37. The van der Waals surface area contributed by atoms with E-state index in [1.165, 1.54) is 0 Å². The van der Waals surface area contributed by atoms with Crippen LogP contribution in [0.2, 0.25) is 0 Å². The van der Waals surface area contributed by atoms with Gasteiger partial charge in [0.05, 0.1) is 37.5 Å². The number of esters is 1. The molecular weight excluding hydrogens is 272 g/mol. The average molecular weight is 290 g/mol. The highest BCUT2D eigenvalue weighted by molar-refractivity contribution is 6.02. The maximum atomic E-state index is 12.0. The van der Waals surface area contributed by atoms with Gasteiger partial charge in [-0.2, -0.15) is 0 Å². The van der Waals surface area contributed by atoms with Gasteiger partial charge in [-0.3, -0.25) is 14.4 Å². The van der Waals surface area contributed by atoms with Gasteiger partial charge in [-0.05, 0) is 19.1 Å². The van der Waals surface area contributed by atoms with Gasteiger partial charge in [0, 0.05) is 6.42 Å². The molecule has 6 heteroatoms. The Morgan fingerprint density at radius 2 is 2.05 bits per heavy atom. The van der Waals surface area contributed by atoms with Crippen molar-refractivity contribution in [2.24, 2.45) is 0 Å². The first kappa shape index (κ1) is 15.0. The Morgan fingerprint density at radius 1 is 1.29 bits per heavy atom. The van der Waals surface area contributed by atoms with Crippen molar-refractivity contribution >= 4 is 29.0 Å². The molecule has 112 valence electrons.